The van der Waals surface area contributed by atoms with Gasteiger partial charge < -0.3 is 0 Å². The molecule has 0 aliphatic heterocycles. The Bertz CT molecular complexity index is 1030. The lowest BCUT2D eigenvalue weighted by Crippen LogP contribution is -2.12. The van der Waals surface area contributed by atoms with E-state index in [0.29, 0.717) is 6.54 Å². The molecule has 9 heteroatoms. The fourth-order valence-corrected chi connectivity index (χ4v) is 4.39. The first-order chi connectivity index (χ1) is 12.6. The summed E-state index contributed by atoms with van der Waals surface area (Å²) in [6.45, 7) is 4.19. The molecule has 0 saturated heterocycles. The molecule has 0 bridgehead atoms. The summed E-state index contributed by atoms with van der Waals surface area (Å²) in [6.07, 6.45) is 3.39. The zero-order valence-corrected chi connectivity index (χ0v) is 16.6. The van der Waals surface area contributed by atoms with E-state index in [1.807, 2.05) is 17.5 Å². The Balaban J connectivity index is 2.00. The van der Waals surface area contributed by atoms with Crippen LogP contribution in [-0.4, -0.2) is 22.4 Å². The monoisotopic (exact) mass is 448 g/mol. The molecule has 0 fully saturated rings. The van der Waals surface area contributed by atoms with Gasteiger partial charge in [-0.05, 0) is 45.8 Å². The molecular formula is C17H13BrN4O2S2. The highest BCUT2D eigenvalue weighted by Crippen LogP contribution is 2.31. The Morgan fingerprint density at radius 3 is 2.65 bits per heavy atom. The van der Waals surface area contributed by atoms with Crippen molar-refractivity contribution in [3.05, 3.63) is 78.7 Å². The third-order valence-electron chi connectivity index (χ3n) is 3.29. The summed E-state index contributed by atoms with van der Waals surface area (Å²) in [5, 5.41) is 17.3. The second-order valence-electron chi connectivity index (χ2n) is 5.04. The summed E-state index contributed by atoms with van der Waals surface area (Å²) in [4.78, 5) is 16.6. The van der Waals surface area contributed by atoms with E-state index >= 15 is 0 Å². The van der Waals surface area contributed by atoms with Crippen LogP contribution >= 0.6 is 38.6 Å². The molecule has 3 rings (SSSR count). The van der Waals surface area contributed by atoms with Gasteiger partial charge in [0.15, 0.2) is 0 Å². The van der Waals surface area contributed by atoms with E-state index in [0.717, 1.165) is 24.7 Å². The molecule has 0 atom stereocenters. The van der Waals surface area contributed by atoms with E-state index in [9.17, 15) is 10.1 Å². The molecule has 0 aliphatic carbocycles. The van der Waals surface area contributed by atoms with Crippen LogP contribution in [0, 0.1) is 10.1 Å². The van der Waals surface area contributed by atoms with Crippen molar-refractivity contribution >= 4 is 50.5 Å². The van der Waals surface area contributed by atoms with Crippen LogP contribution in [0.15, 0.2) is 68.3 Å². The number of hydrogen-bond acceptors (Lipinski definition) is 6. The molecule has 6 nitrogen and oxygen atoms in total. The smallest absolute Gasteiger partial charge is 0.258 e. The van der Waals surface area contributed by atoms with Gasteiger partial charge in [-0.1, -0.05) is 6.08 Å². The summed E-state index contributed by atoms with van der Waals surface area (Å²) < 4.78 is 2.81. The van der Waals surface area contributed by atoms with Crippen molar-refractivity contribution in [3.8, 4) is 10.6 Å². The molecule has 3 aromatic rings. The van der Waals surface area contributed by atoms with Crippen molar-refractivity contribution < 1.29 is 4.92 Å². The highest BCUT2D eigenvalue weighted by Gasteiger charge is 2.10. The molecule has 2 aromatic heterocycles. The molecular weight excluding hydrogens is 436 g/mol. The lowest BCUT2D eigenvalue weighted by molar-refractivity contribution is -0.384. The standard InChI is InChI=1S/C17H13BrN4O2S2/c1-2-9-19-17-21(14(11-25-17)15-7-8-16(18)26-15)20-10-12-3-5-13(6-4-12)22(23)24/h2-8,10-11H,1,9H2. The van der Waals surface area contributed by atoms with Crippen LogP contribution in [0.2, 0.25) is 0 Å². The quantitative estimate of drug-likeness (QED) is 0.232. The highest BCUT2D eigenvalue weighted by atomic mass is 79.9. The fraction of sp³-hybridized carbons (Fsp3) is 0.0588. The largest absolute Gasteiger partial charge is 0.269 e. The summed E-state index contributed by atoms with van der Waals surface area (Å²) >= 11 is 6.59. The first kappa shape index (κ1) is 18.4. The van der Waals surface area contributed by atoms with Crippen LogP contribution in [0.25, 0.3) is 10.6 Å². The second kappa shape index (κ2) is 8.35. The number of hydrogen-bond donors (Lipinski definition) is 0. The van der Waals surface area contributed by atoms with E-state index in [-0.39, 0.29) is 5.69 Å². The van der Waals surface area contributed by atoms with Crippen molar-refractivity contribution in [3.63, 3.8) is 0 Å². The van der Waals surface area contributed by atoms with Gasteiger partial charge in [0.05, 0.1) is 32.0 Å². The number of halogens is 1. The number of thiazole rings is 1. The van der Waals surface area contributed by atoms with E-state index in [1.165, 1.54) is 23.5 Å². The summed E-state index contributed by atoms with van der Waals surface area (Å²) in [6, 6.07) is 10.3. The van der Waals surface area contributed by atoms with Gasteiger partial charge in [-0.15, -0.1) is 29.3 Å². The van der Waals surface area contributed by atoms with Gasteiger partial charge in [0, 0.05) is 17.5 Å². The van der Waals surface area contributed by atoms with Crippen LogP contribution in [0.1, 0.15) is 5.56 Å². The SMILES string of the molecule is C=CCN=c1scc(-c2ccc(Br)s2)n1N=Cc1ccc([N+](=O)[O-])cc1. The number of thiophene rings is 1. The Labute approximate surface area is 165 Å². The van der Waals surface area contributed by atoms with Gasteiger partial charge in [-0.25, -0.2) is 4.68 Å². The Hall–Kier alpha value is -2.36. The third kappa shape index (κ3) is 4.24. The second-order valence-corrected chi connectivity index (χ2v) is 8.34. The Kier molecular flexibility index (Phi) is 5.92. The number of non-ortho nitro benzene ring substituents is 1. The van der Waals surface area contributed by atoms with Crippen molar-refractivity contribution in [2.45, 2.75) is 0 Å². The minimum absolute atomic E-state index is 0.0520. The van der Waals surface area contributed by atoms with E-state index in [4.69, 9.17) is 0 Å². The highest BCUT2D eigenvalue weighted by molar-refractivity contribution is 9.11. The number of nitrogens with zero attached hydrogens (tertiary/aromatic N) is 4. The van der Waals surface area contributed by atoms with Gasteiger partial charge in [0.1, 0.15) is 0 Å². The number of nitro benzene ring substituents is 1. The minimum Gasteiger partial charge on any atom is -0.258 e. The number of benzene rings is 1. The Morgan fingerprint density at radius 2 is 2.04 bits per heavy atom. The maximum atomic E-state index is 10.8. The predicted octanol–water partition coefficient (Wildman–Crippen LogP) is 4.92. The molecule has 0 aliphatic rings. The van der Waals surface area contributed by atoms with E-state index in [2.05, 4.69) is 32.6 Å². The number of nitro groups is 1. The zero-order chi connectivity index (χ0) is 18.5. The molecule has 0 saturated carbocycles. The Morgan fingerprint density at radius 1 is 1.27 bits per heavy atom. The molecule has 0 unspecified atom stereocenters. The van der Waals surface area contributed by atoms with Crippen molar-refractivity contribution in [2.24, 2.45) is 10.1 Å². The maximum Gasteiger partial charge on any atom is 0.269 e. The lowest BCUT2D eigenvalue weighted by Gasteiger charge is -2.01. The van der Waals surface area contributed by atoms with Crippen LogP contribution < -0.4 is 4.80 Å². The predicted molar refractivity (Wildman–Crippen MR) is 110 cm³/mol. The van der Waals surface area contributed by atoms with Crippen LogP contribution in [-0.2, 0) is 0 Å². The van der Waals surface area contributed by atoms with Crippen molar-refractivity contribution in [1.29, 1.82) is 0 Å². The van der Waals surface area contributed by atoms with E-state index < -0.39 is 4.92 Å². The first-order valence-electron chi connectivity index (χ1n) is 7.45. The summed E-state index contributed by atoms with van der Waals surface area (Å²) in [5.41, 5.74) is 1.75. The summed E-state index contributed by atoms with van der Waals surface area (Å²) in [5.74, 6) is 0. The van der Waals surface area contributed by atoms with Crippen LogP contribution in [0.5, 0.6) is 0 Å². The molecule has 26 heavy (non-hydrogen) atoms. The van der Waals surface area contributed by atoms with Crippen molar-refractivity contribution in [1.82, 2.24) is 4.68 Å². The van der Waals surface area contributed by atoms with Crippen LogP contribution in [0.4, 0.5) is 5.69 Å². The van der Waals surface area contributed by atoms with Gasteiger partial charge in [-0.3, -0.25) is 15.1 Å². The van der Waals surface area contributed by atoms with Gasteiger partial charge >= 0.3 is 0 Å². The first-order valence-corrected chi connectivity index (χ1v) is 9.94. The van der Waals surface area contributed by atoms with E-state index in [1.54, 1.807) is 40.4 Å². The van der Waals surface area contributed by atoms with Crippen molar-refractivity contribution in [2.75, 3.05) is 6.54 Å². The normalized spacial score (nSPS) is 12.0. The zero-order valence-electron chi connectivity index (χ0n) is 13.4. The molecule has 0 N–H and O–H groups in total. The third-order valence-corrected chi connectivity index (χ3v) is 5.79. The average molecular weight is 449 g/mol. The molecule has 0 radical (unpaired) electrons. The number of aromatic nitrogens is 1. The fourth-order valence-electron chi connectivity index (χ4n) is 2.09. The average Bonchev–Trinajstić information content (AvgIpc) is 3.24. The molecule has 132 valence electrons. The van der Waals surface area contributed by atoms with Gasteiger partial charge in [0.2, 0.25) is 4.80 Å². The molecule has 0 spiro atoms. The molecule has 0 amide bonds. The number of rotatable bonds is 6. The molecule has 2 heterocycles. The van der Waals surface area contributed by atoms with Gasteiger partial charge in [0.25, 0.3) is 5.69 Å². The minimum atomic E-state index is -0.423. The topological polar surface area (TPSA) is 72.8 Å². The molecule has 1 aromatic carbocycles. The maximum absolute atomic E-state index is 10.8. The van der Waals surface area contributed by atoms with Gasteiger partial charge in [-0.2, -0.15) is 5.10 Å². The lowest BCUT2D eigenvalue weighted by atomic mass is 10.2. The van der Waals surface area contributed by atoms with Crippen LogP contribution in [0.3, 0.4) is 0 Å². The summed E-state index contributed by atoms with van der Waals surface area (Å²) in [7, 11) is 0.